The molecule has 0 aliphatic heterocycles. The number of ether oxygens (including phenoxy) is 1. The van der Waals surface area contributed by atoms with E-state index in [1.165, 1.54) is 13.2 Å². The summed E-state index contributed by atoms with van der Waals surface area (Å²) in [6, 6.07) is 4.95. The van der Waals surface area contributed by atoms with Gasteiger partial charge in [0.05, 0.1) is 7.11 Å². The SMILES string of the molecule is COc1ccc(CC(C)N)cc1F. The number of hydrogen-bond acceptors (Lipinski definition) is 2. The van der Waals surface area contributed by atoms with E-state index in [1.807, 2.05) is 13.0 Å². The zero-order valence-corrected chi connectivity index (χ0v) is 7.88. The van der Waals surface area contributed by atoms with Gasteiger partial charge in [-0.2, -0.15) is 0 Å². The Morgan fingerprint density at radius 2 is 2.23 bits per heavy atom. The Morgan fingerprint density at radius 1 is 1.54 bits per heavy atom. The topological polar surface area (TPSA) is 35.2 Å². The van der Waals surface area contributed by atoms with Crippen LogP contribution in [0.25, 0.3) is 0 Å². The van der Waals surface area contributed by atoms with Crippen LogP contribution < -0.4 is 10.5 Å². The first-order valence-electron chi connectivity index (χ1n) is 4.21. The molecule has 1 aromatic carbocycles. The predicted molar refractivity (Wildman–Crippen MR) is 50.3 cm³/mol. The Morgan fingerprint density at radius 3 is 2.69 bits per heavy atom. The van der Waals surface area contributed by atoms with Crippen molar-refractivity contribution in [3.8, 4) is 5.75 Å². The largest absolute Gasteiger partial charge is 0.494 e. The van der Waals surface area contributed by atoms with Crippen molar-refractivity contribution in [2.75, 3.05) is 7.11 Å². The van der Waals surface area contributed by atoms with E-state index in [-0.39, 0.29) is 17.6 Å². The van der Waals surface area contributed by atoms with E-state index in [9.17, 15) is 4.39 Å². The molecule has 2 nitrogen and oxygen atoms in total. The van der Waals surface area contributed by atoms with Crippen LogP contribution in [0.3, 0.4) is 0 Å². The molecule has 0 fully saturated rings. The van der Waals surface area contributed by atoms with Crippen LogP contribution in [-0.2, 0) is 6.42 Å². The summed E-state index contributed by atoms with van der Waals surface area (Å²) in [7, 11) is 1.45. The van der Waals surface area contributed by atoms with Gasteiger partial charge in [-0.25, -0.2) is 4.39 Å². The molecule has 13 heavy (non-hydrogen) atoms. The highest BCUT2D eigenvalue weighted by Crippen LogP contribution is 2.18. The first-order valence-corrected chi connectivity index (χ1v) is 4.21. The van der Waals surface area contributed by atoms with E-state index < -0.39 is 0 Å². The van der Waals surface area contributed by atoms with Gasteiger partial charge >= 0.3 is 0 Å². The highest BCUT2D eigenvalue weighted by Gasteiger charge is 2.04. The summed E-state index contributed by atoms with van der Waals surface area (Å²) in [6.45, 7) is 1.89. The average molecular weight is 183 g/mol. The van der Waals surface area contributed by atoms with E-state index in [0.717, 1.165) is 5.56 Å². The molecule has 0 aliphatic rings. The van der Waals surface area contributed by atoms with Crippen LogP contribution in [0.15, 0.2) is 18.2 Å². The van der Waals surface area contributed by atoms with Crippen LogP contribution in [0.1, 0.15) is 12.5 Å². The van der Waals surface area contributed by atoms with E-state index in [2.05, 4.69) is 0 Å². The van der Waals surface area contributed by atoms with Crippen LogP contribution in [0.5, 0.6) is 5.75 Å². The summed E-state index contributed by atoms with van der Waals surface area (Å²) in [5.74, 6) is -0.0610. The average Bonchev–Trinajstić information content (AvgIpc) is 2.03. The molecule has 72 valence electrons. The second kappa shape index (κ2) is 4.23. The van der Waals surface area contributed by atoms with Crippen LogP contribution in [0, 0.1) is 5.82 Å². The van der Waals surface area contributed by atoms with E-state index in [1.54, 1.807) is 6.07 Å². The van der Waals surface area contributed by atoms with Crippen LogP contribution in [-0.4, -0.2) is 13.2 Å². The molecule has 3 heteroatoms. The fraction of sp³-hybridized carbons (Fsp3) is 0.400. The fourth-order valence-electron chi connectivity index (χ4n) is 1.21. The van der Waals surface area contributed by atoms with Crippen LogP contribution in [0.4, 0.5) is 4.39 Å². The lowest BCUT2D eigenvalue weighted by molar-refractivity contribution is 0.386. The molecule has 0 spiro atoms. The Kier molecular flexibility index (Phi) is 3.25. The lowest BCUT2D eigenvalue weighted by Crippen LogP contribution is -2.17. The summed E-state index contributed by atoms with van der Waals surface area (Å²) in [4.78, 5) is 0. The van der Waals surface area contributed by atoms with E-state index >= 15 is 0 Å². The third-order valence-corrected chi connectivity index (χ3v) is 1.77. The standard InChI is InChI=1S/C10H14FNO/c1-7(12)5-8-3-4-10(13-2)9(11)6-8/h3-4,6-7H,5,12H2,1-2H3. The van der Waals surface area contributed by atoms with Gasteiger partial charge in [-0.3, -0.25) is 0 Å². The molecule has 1 atom stereocenters. The number of halogens is 1. The van der Waals surface area contributed by atoms with Gasteiger partial charge in [-0.15, -0.1) is 0 Å². The van der Waals surface area contributed by atoms with Crippen molar-refractivity contribution in [3.63, 3.8) is 0 Å². The van der Waals surface area contributed by atoms with Gasteiger partial charge in [-0.05, 0) is 31.0 Å². The molecule has 1 rings (SSSR count). The van der Waals surface area contributed by atoms with Gasteiger partial charge in [-0.1, -0.05) is 6.07 Å². The lowest BCUT2D eigenvalue weighted by Gasteiger charge is -2.07. The third-order valence-electron chi connectivity index (χ3n) is 1.77. The maximum atomic E-state index is 13.1. The molecule has 0 bridgehead atoms. The number of hydrogen-bond donors (Lipinski definition) is 1. The maximum absolute atomic E-state index is 13.1. The molecule has 2 N–H and O–H groups in total. The van der Waals surface area contributed by atoms with Crippen molar-refractivity contribution in [1.82, 2.24) is 0 Å². The molecule has 1 unspecified atom stereocenters. The Balaban J connectivity index is 2.83. The monoisotopic (exact) mass is 183 g/mol. The van der Waals surface area contributed by atoms with Crippen molar-refractivity contribution in [1.29, 1.82) is 0 Å². The number of nitrogens with two attached hydrogens (primary N) is 1. The van der Waals surface area contributed by atoms with Crippen LogP contribution in [0.2, 0.25) is 0 Å². The molecule has 0 heterocycles. The Hall–Kier alpha value is -1.09. The third kappa shape index (κ3) is 2.70. The summed E-state index contributed by atoms with van der Waals surface area (Å²) in [5.41, 5.74) is 6.49. The molecule has 0 amide bonds. The second-order valence-electron chi connectivity index (χ2n) is 3.15. The molecule has 1 aromatic rings. The quantitative estimate of drug-likeness (QED) is 0.774. The highest BCUT2D eigenvalue weighted by atomic mass is 19.1. The number of rotatable bonds is 3. The maximum Gasteiger partial charge on any atom is 0.165 e. The predicted octanol–water partition coefficient (Wildman–Crippen LogP) is 1.72. The first-order chi connectivity index (χ1) is 6.13. The van der Waals surface area contributed by atoms with Gasteiger partial charge in [0.2, 0.25) is 0 Å². The Labute approximate surface area is 77.5 Å². The van der Waals surface area contributed by atoms with Gasteiger partial charge in [0, 0.05) is 6.04 Å². The van der Waals surface area contributed by atoms with Crippen molar-refractivity contribution < 1.29 is 9.13 Å². The first kappa shape index (κ1) is 9.99. The van der Waals surface area contributed by atoms with E-state index in [4.69, 9.17) is 10.5 Å². The van der Waals surface area contributed by atoms with Gasteiger partial charge in [0.15, 0.2) is 11.6 Å². The minimum absolute atomic E-state index is 0.0489. The Bertz CT molecular complexity index is 286. The molecule has 0 radical (unpaired) electrons. The summed E-state index contributed by atoms with van der Waals surface area (Å²) in [5, 5.41) is 0. The van der Waals surface area contributed by atoms with Crippen LogP contribution >= 0.6 is 0 Å². The zero-order chi connectivity index (χ0) is 9.84. The lowest BCUT2D eigenvalue weighted by atomic mass is 10.1. The summed E-state index contributed by atoms with van der Waals surface area (Å²) < 4.78 is 17.9. The minimum atomic E-state index is -0.333. The molecular formula is C10H14FNO. The molecular weight excluding hydrogens is 169 g/mol. The summed E-state index contributed by atoms with van der Waals surface area (Å²) >= 11 is 0. The smallest absolute Gasteiger partial charge is 0.165 e. The van der Waals surface area contributed by atoms with Crippen molar-refractivity contribution in [2.45, 2.75) is 19.4 Å². The molecule has 0 aliphatic carbocycles. The molecule has 0 saturated heterocycles. The zero-order valence-electron chi connectivity index (χ0n) is 7.88. The van der Waals surface area contributed by atoms with Crippen molar-refractivity contribution in [3.05, 3.63) is 29.6 Å². The summed E-state index contributed by atoms with van der Waals surface area (Å²) in [6.07, 6.45) is 0.681. The molecule has 0 saturated carbocycles. The number of benzene rings is 1. The van der Waals surface area contributed by atoms with Crippen molar-refractivity contribution >= 4 is 0 Å². The van der Waals surface area contributed by atoms with Gasteiger partial charge < -0.3 is 10.5 Å². The normalized spacial score (nSPS) is 12.6. The number of methoxy groups -OCH3 is 1. The highest BCUT2D eigenvalue weighted by molar-refractivity contribution is 5.29. The minimum Gasteiger partial charge on any atom is -0.494 e. The fourth-order valence-corrected chi connectivity index (χ4v) is 1.21. The van der Waals surface area contributed by atoms with Crippen molar-refractivity contribution in [2.24, 2.45) is 5.73 Å². The second-order valence-corrected chi connectivity index (χ2v) is 3.15. The van der Waals surface area contributed by atoms with Gasteiger partial charge in [0.1, 0.15) is 0 Å². The molecule has 0 aromatic heterocycles. The van der Waals surface area contributed by atoms with Gasteiger partial charge in [0.25, 0.3) is 0 Å². The van der Waals surface area contributed by atoms with E-state index in [0.29, 0.717) is 6.42 Å².